The molecular formula is C35H34O6. The van der Waals surface area contributed by atoms with Gasteiger partial charge in [-0.3, -0.25) is 4.79 Å². The van der Waals surface area contributed by atoms with Crippen LogP contribution in [0.25, 0.3) is 0 Å². The van der Waals surface area contributed by atoms with Crippen LogP contribution < -0.4 is 0 Å². The molecule has 2 heterocycles. The number of ether oxygens (including phenoxy) is 5. The van der Waals surface area contributed by atoms with Crippen molar-refractivity contribution < 1.29 is 28.5 Å². The number of rotatable bonds is 10. The molecule has 4 aromatic carbocycles. The summed E-state index contributed by atoms with van der Waals surface area (Å²) < 4.78 is 31.4. The smallest absolute Gasteiger partial charge is 0.190 e. The van der Waals surface area contributed by atoms with Gasteiger partial charge in [-0.25, -0.2) is 0 Å². The molecule has 0 saturated carbocycles. The Hall–Kier alpha value is -3.65. The van der Waals surface area contributed by atoms with Crippen LogP contribution in [-0.2, 0) is 40.7 Å². The zero-order valence-electron chi connectivity index (χ0n) is 23.2. The highest BCUT2D eigenvalue weighted by atomic mass is 16.8. The lowest BCUT2D eigenvalue weighted by molar-refractivity contribution is -0.235. The van der Waals surface area contributed by atoms with Crippen LogP contribution in [0.5, 0.6) is 0 Å². The van der Waals surface area contributed by atoms with Gasteiger partial charge in [-0.05, 0) is 36.1 Å². The predicted octanol–water partition coefficient (Wildman–Crippen LogP) is 6.03. The molecule has 0 aliphatic carbocycles. The van der Waals surface area contributed by atoms with E-state index in [0.29, 0.717) is 6.61 Å². The summed E-state index contributed by atoms with van der Waals surface area (Å²) >= 11 is 0. The number of Topliss-reactive ketones (excluding diaryl/α,β-unsaturated/α-hetero) is 1. The maximum atomic E-state index is 13.9. The zero-order chi connectivity index (χ0) is 28.3. The van der Waals surface area contributed by atoms with Crippen molar-refractivity contribution in [3.8, 4) is 0 Å². The fourth-order valence-corrected chi connectivity index (χ4v) is 5.74. The van der Waals surface area contributed by atoms with E-state index < -0.39 is 36.0 Å². The molecule has 6 nitrogen and oxygen atoms in total. The Morgan fingerprint density at radius 2 is 1.17 bits per heavy atom. The minimum absolute atomic E-state index is 0.207. The fourth-order valence-electron chi connectivity index (χ4n) is 5.74. The average molecular weight is 551 g/mol. The molecule has 0 N–H and O–H groups in total. The van der Waals surface area contributed by atoms with Crippen LogP contribution >= 0.6 is 0 Å². The van der Waals surface area contributed by atoms with Crippen molar-refractivity contribution in [3.63, 3.8) is 0 Å². The fraction of sp³-hybridized carbons (Fsp3) is 0.286. The lowest BCUT2D eigenvalue weighted by Gasteiger charge is -2.36. The summed E-state index contributed by atoms with van der Waals surface area (Å²) in [6, 6.07) is 39.8. The third-order valence-electron chi connectivity index (χ3n) is 7.56. The monoisotopic (exact) mass is 550 g/mol. The van der Waals surface area contributed by atoms with E-state index in [2.05, 4.69) is 0 Å². The summed E-state index contributed by atoms with van der Waals surface area (Å²) in [5, 5.41) is 0. The topological polar surface area (TPSA) is 63.2 Å². The Morgan fingerprint density at radius 1 is 0.707 bits per heavy atom. The average Bonchev–Trinajstić information content (AvgIpc) is 3.51. The summed E-state index contributed by atoms with van der Waals surface area (Å²) in [7, 11) is 0. The van der Waals surface area contributed by atoms with Crippen LogP contribution in [-0.4, -0.2) is 42.8 Å². The first-order valence-corrected chi connectivity index (χ1v) is 14.0. The normalized spacial score (nSPS) is 23.3. The highest BCUT2D eigenvalue weighted by molar-refractivity contribution is 5.85. The van der Waals surface area contributed by atoms with Gasteiger partial charge in [0.2, 0.25) is 0 Å². The number of carbonyl (C=O) groups is 1. The molecule has 4 aromatic rings. The first-order valence-electron chi connectivity index (χ1n) is 14.0. The molecule has 0 amide bonds. The van der Waals surface area contributed by atoms with Crippen molar-refractivity contribution in [2.24, 2.45) is 0 Å². The molecule has 210 valence electrons. The van der Waals surface area contributed by atoms with E-state index in [1.54, 1.807) is 0 Å². The first kappa shape index (κ1) is 27.5. The standard InChI is InChI=1S/C35H34O6/c1-34(2)40-31-30(39-33(32(31)41-34)37-23-25-15-7-3-8-16-25)29(36)24-38-35(26-17-9-4-10-18-26,27-19-11-5-12-20-27)28-21-13-6-14-22-28/h3-22,30-33H,23-24H2,1-2H3/t30-,31+,32-,33+/m1/s1. The minimum atomic E-state index is -1.02. The van der Waals surface area contributed by atoms with Crippen molar-refractivity contribution in [2.45, 2.75) is 56.4 Å². The Labute approximate surface area is 240 Å². The van der Waals surface area contributed by atoms with E-state index >= 15 is 0 Å². The molecule has 0 aromatic heterocycles. The van der Waals surface area contributed by atoms with Gasteiger partial charge in [-0.15, -0.1) is 0 Å². The molecule has 0 unspecified atom stereocenters. The second-order valence-corrected chi connectivity index (χ2v) is 10.8. The second-order valence-electron chi connectivity index (χ2n) is 10.8. The van der Waals surface area contributed by atoms with Gasteiger partial charge in [0.1, 0.15) is 24.4 Å². The quantitative estimate of drug-likeness (QED) is 0.225. The van der Waals surface area contributed by atoms with E-state index in [1.165, 1.54) is 0 Å². The number of carbonyl (C=O) groups excluding carboxylic acids is 1. The summed E-state index contributed by atoms with van der Waals surface area (Å²) in [5.74, 6) is -1.10. The van der Waals surface area contributed by atoms with Gasteiger partial charge < -0.3 is 23.7 Å². The van der Waals surface area contributed by atoms with Crippen LogP contribution in [0.3, 0.4) is 0 Å². The largest absolute Gasteiger partial charge is 0.353 e. The van der Waals surface area contributed by atoms with Crippen LogP contribution in [0, 0.1) is 0 Å². The summed E-state index contributed by atoms with van der Waals surface area (Å²) in [6.45, 7) is 3.79. The predicted molar refractivity (Wildman–Crippen MR) is 154 cm³/mol. The van der Waals surface area contributed by atoms with Gasteiger partial charge in [-0.1, -0.05) is 121 Å². The van der Waals surface area contributed by atoms with E-state index in [-0.39, 0.29) is 12.4 Å². The Bertz CT molecular complexity index is 1330. The molecule has 41 heavy (non-hydrogen) atoms. The molecule has 0 radical (unpaired) electrons. The van der Waals surface area contributed by atoms with Crippen molar-refractivity contribution in [2.75, 3.05) is 6.61 Å². The van der Waals surface area contributed by atoms with Crippen LogP contribution in [0.4, 0.5) is 0 Å². The number of hydrogen-bond acceptors (Lipinski definition) is 6. The lowest BCUT2D eigenvalue weighted by Crippen LogP contribution is -2.41. The van der Waals surface area contributed by atoms with Gasteiger partial charge in [0, 0.05) is 0 Å². The summed E-state index contributed by atoms with van der Waals surface area (Å²) in [5.41, 5.74) is 2.73. The number of ketones is 1. The zero-order valence-corrected chi connectivity index (χ0v) is 23.2. The molecule has 2 fully saturated rings. The number of fused-ring (bicyclic) bond motifs is 1. The van der Waals surface area contributed by atoms with Gasteiger partial charge in [0.25, 0.3) is 0 Å². The first-order chi connectivity index (χ1) is 20.0. The van der Waals surface area contributed by atoms with E-state index in [1.807, 2.05) is 135 Å². The Kier molecular flexibility index (Phi) is 7.84. The highest BCUT2D eigenvalue weighted by Crippen LogP contribution is 2.42. The SMILES string of the molecule is CC1(C)O[C@@H]2[C@@H](O1)[C@@H](OCc1ccccc1)O[C@@H]2C(=O)COC(c1ccccc1)(c1ccccc1)c1ccccc1. The molecule has 2 saturated heterocycles. The third-order valence-corrected chi connectivity index (χ3v) is 7.56. The molecule has 6 heteroatoms. The second kappa shape index (κ2) is 11.7. The molecule has 6 rings (SSSR count). The van der Waals surface area contributed by atoms with Gasteiger partial charge in [-0.2, -0.15) is 0 Å². The maximum Gasteiger partial charge on any atom is 0.190 e. The lowest BCUT2D eigenvalue weighted by atomic mass is 9.80. The molecule has 4 atom stereocenters. The van der Waals surface area contributed by atoms with E-state index in [9.17, 15) is 4.79 Å². The van der Waals surface area contributed by atoms with Crippen molar-refractivity contribution in [1.82, 2.24) is 0 Å². The summed E-state index contributed by atoms with van der Waals surface area (Å²) in [6.07, 6.45) is -2.80. The summed E-state index contributed by atoms with van der Waals surface area (Å²) in [4.78, 5) is 13.9. The van der Waals surface area contributed by atoms with Crippen molar-refractivity contribution in [1.29, 1.82) is 0 Å². The third kappa shape index (κ3) is 5.62. The van der Waals surface area contributed by atoms with E-state index in [0.717, 1.165) is 22.3 Å². The van der Waals surface area contributed by atoms with Gasteiger partial charge in [0.05, 0.1) is 6.61 Å². The van der Waals surface area contributed by atoms with Gasteiger partial charge >= 0.3 is 0 Å². The number of hydrogen-bond donors (Lipinski definition) is 0. The van der Waals surface area contributed by atoms with Crippen LogP contribution in [0.15, 0.2) is 121 Å². The number of benzene rings is 4. The van der Waals surface area contributed by atoms with Crippen LogP contribution in [0.2, 0.25) is 0 Å². The molecule has 0 bridgehead atoms. The van der Waals surface area contributed by atoms with Crippen molar-refractivity contribution >= 4 is 5.78 Å². The van der Waals surface area contributed by atoms with Gasteiger partial charge in [0.15, 0.2) is 24.0 Å². The maximum absolute atomic E-state index is 13.9. The molecule has 2 aliphatic rings. The van der Waals surface area contributed by atoms with Crippen LogP contribution in [0.1, 0.15) is 36.1 Å². The molecule has 2 aliphatic heterocycles. The Morgan fingerprint density at radius 3 is 1.68 bits per heavy atom. The Balaban J connectivity index is 1.28. The van der Waals surface area contributed by atoms with Crippen molar-refractivity contribution in [3.05, 3.63) is 144 Å². The highest BCUT2D eigenvalue weighted by Gasteiger charge is 2.58. The molecular weight excluding hydrogens is 516 g/mol. The molecule has 0 spiro atoms. The minimum Gasteiger partial charge on any atom is -0.353 e. The van der Waals surface area contributed by atoms with E-state index in [4.69, 9.17) is 23.7 Å².